The molecule has 3 unspecified atom stereocenters. The summed E-state index contributed by atoms with van der Waals surface area (Å²) in [6.45, 7) is 9.15. The second kappa shape index (κ2) is 3.91. The number of benzene rings is 1. The van der Waals surface area contributed by atoms with Crippen LogP contribution in [0.5, 0.6) is 5.75 Å². The molecule has 2 aliphatic rings. The average molecular weight is 259 g/mol. The summed E-state index contributed by atoms with van der Waals surface area (Å²) in [5.41, 5.74) is 2.74. The van der Waals surface area contributed by atoms with Crippen molar-refractivity contribution < 1.29 is 5.11 Å². The largest absolute Gasteiger partial charge is 0.508 e. The first-order valence-corrected chi connectivity index (χ1v) is 7.39. The van der Waals surface area contributed by atoms with Gasteiger partial charge < -0.3 is 10.4 Å². The van der Waals surface area contributed by atoms with Crippen molar-refractivity contribution in [3.05, 3.63) is 23.8 Å². The van der Waals surface area contributed by atoms with E-state index in [0.29, 0.717) is 22.6 Å². The highest BCUT2D eigenvalue weighted by Crippen LogP contribution is 2.63. The van der Waals surface area contributed by atoms with E-state index >= 15 is 0 Å². The van der Waals surface area contributed by atoms with Gasteiger partial charge in [0.2, 0.25) is 0 Å². The van der Waals surface area contributed by atoms with Gasteiger partial charge in [-0.05, 0) is 54.6 Å². The topological polar surface area (TPSA) is 32.3 Å². The predicted octanol–water partition coefficient (Wildman–Crippen LogP) is 4.33. The summed E-state index contributed by atoms with van der Waals surface area (Å²) >= 11 is 0. The van der Waals surface area contributed by atoms with Gasteiger partial charge in [-0.2, -0.15) is 0 Å². The van der Waals surface area contributed by atoms with Gasteiger partial charge in [-0.1, -0.05) is 26.8 Å². The Hall–Kier alpha value is -1.18. The maximum atomic E-state index is 9.86. The normalized spacial score (nSPS) is 35.6. The molecule has 0 aliphatic heterocycles. The molecule has 2 heteroatoms. The second-order valence-corrected chi connectivity index (χ2v) is 7.49. The molecular formula is C17H25NO. The number of hydrogen-bond donors (Lipinski definition) is 2. The number of hydrogen-bond acceptors (Lipinski definition) is 2. The predicted molar refractivity (Wildman–Crippen MR) is 79.5 cm³/mol. The molecule has 104 valence electrons. The van der Waals surface area contributed by atoms with E-state index in [1.54, 1.807) is 0 Å². The van der Waals surface area contributed by atoms with Crippen LogP contribution < -0.4 is 5.32 Å². The molecule has 0 radical (unpaired) electrons. The molecule has 0 aromatic heterocycles. The number of phenols is 1. The SMILES string of the molecule is Cc1ccc(NC2C3(C)CCC(C3)C2(C)C)cc1O. The summed E-state index contributed by atoms with van der Waals surface area (Å²) in [5.74, 6) is 1.23. The lowest BCUT2D eigenvalue weighted by atomic mass is 9.68. The molecule has 2 nitrogen and oxygen atoms in total. The Labute approximate surface area is 116 Å². The second-order valence-electron chi connectivity index (χ2n) is 7.49. The van der Waals surface area contributed by atoms with Crippen LogP contribution in [0, 0.1) is 23.7 Å². The summed E-state index contributed by atoms with van der Waals surface area (Å²) in [7, 11) is 0. The van der Waals surface area contributed by atoms with Crippen LogP contribution in [-0.2, 0) is 0 Å². The van der Waals surface area contributed by atoms with Gasteiger partial charge in [-0.3, -0.25) is 0 Å². The molecule has 0 spiro atoms. The van der Waals surface area contributed by atoms with Gasteiger partial charge in [0.1, 0.15) is 5.75 Å². The third kappa shape index (κ3) is 1.84. The lowest BCUT2D eigenvalue weighted by Crippen LogP contribution is -2.45. The maximum Gasteiger partial charge on any atom is 0.120 e. The van der Waals surface area contributed by atoms with Crippen molar-refractivity contribution in [3.8, 4) is 5.75 Å². The van der Waals surface area contributed by atoms with E-state index in [0.717, 1.165) is 17.2 Å². The van der Waals surface area contributed by atoms with Crippen LogP contribution in [-0.4, -0.2) is 11.1 Å². The molecule has 19 heavy (non-hydrogen) atoms. The lowest BCUT2D eigenvalue weighted by molar-refractivity contribution is 0.155. The van der Waals surface area contributed by atoms with Crippen molar-refractivity contribution >= 4 is 5.69 Å². The Kier molecular flexibility index (Phi) is 2.64. The van der Waals surface area contributed by atoms with E-state index in [2.05, 4.69) is 32.2 Å². The summed E-state index contributed by atoms with van der Waals surface area (Å²) in [6.07, 6.45) is 4.05. The van der Waals surface area contributed by atoms with Crippen molar-refractivity contribution in [2.45, 2.75) is 53.0 Å². The van der Waals surface area contributed by atoms with Crippen molar-refractivity contribution in [1.82, 2.24) is 0 Å². The average Bonchev–Trinajstić information content (AvgIpc) is 2.80. The molecule has 1 aromatic rings. The van der Waals surface area contributed by atoms with Gasteiger partial charge >= 0.3 is 0 Å². The molecule has 2 fully saturated rings. The number of fused-ring (bicyclic) bond motifs is 2. The number of aryl methyl sites for hydroxylation is 1. The van der Waals surface area contributed by atoms with Crippen LogP contribution in [0.2, 0.25) is 0 Å². The molecule has 0 saturated heterocycles. The summed E-state index contributed by atoms with van der Waals surface area (Å²) in [4.78, 5) is 0. The number of phenolic OH excluding ortho intramolecular Hbond substituents is 1. The summed E-state index contributed by atoms with van der Waals surface area (Å²) < 4.78 is 0. The highest BCUT2D eigenvalue weighted by Gasteiger charge is 2.59. The zero-order valence-corrected chi connectivity index (χ0v) is 12.5. The highest BCUT2D eigenvalue weighted by atomic mass is 16.3. The quantitative estimate of drug-likeness (QED) is 0.828. The first kappa shape index (κ1) is 12.8. The van der Waals surface area contributed by atoms with E-state index in [-0.39, 0.29) is 0 Å². The van der Waals surface area contributed by atoms with Crippen LogP contribution >= 0.6 is 0 Å². The van der Waals surface area contributed by atoms with Crippen LogP contribution in [0.15, 0.2) is 18.2 Å². The highest BCUT2D eigenvalue weighted by molar-refractivity contribution is 5.52. The number of nitrogens with one attached hydrogen (secondary N) is 1. The number of rotatable bonds is 2. The van der Waals surface area contributed by atoms with Gasteiger partial charge in [0.15, 0.2) is 0 Å². The first-order valence-electron chi connectivity index (χ1n) is 7.39. The Morgan fingerprint density at radius 1 is 1.26 bits per heavy atom. The standard InChI is InChI=1S/C17H25NO/c1-11-5-6-13(9-14(11)19)18-15-16(2,3)12-7-8-17(15,4)10-12/h5-6,9,12,15,18-19H,7-8,10H2,1-4H3. The van der Waals surface area contributed by atoms with Crippen LogP contribution in [0.3, 0.4) is 0 Å². The Bertz CT molecular complexity index is 503. The molecule has 1 aromatic carbocycles. The minimum absolute atomic E-state index is 0.341. The maximum absolute atomic E-state index is 9.86. The van der Waals surface area contributed by atoms with Crippen LogP contribution in [0.25, 0.3) is 0 Å². The van der Waals surface area contributed by atoms with Crippen molar-refractivity contribution in [1.29, 1.82) is 0 Å². The molecule has 0 amide bonds. The monoisotopic (exact) mass is 259 g/mol. The van der Waals surface area contributed by atoms with E-state index in [4.69, 9.17) is 0 Å². The fourth-order valence-electron chi connectivity index (χ4n) is 4.53. The van der Waals surface area contributed by atoms with Gasteiger partial charge in [0, 0.05) is 17.8 Å². The van der Waals surface area contributed by atoms with Crippen LogP contribution in [0.1, 0.15) is 45.6 Å². The molecular weight excluding hydrogens is 234 g/mol. The van der Waals surface area contributed by atoms with Crippen molar-refractivity contribution in [3.63, 3.8) is 0 Å². The van der Waals surface area contributed by atoms with Gasteiger partial charge in [-0.15, -0.1) is 0 Å². The Morgan fingerprint density at radius 2 is 2.00 bits per heavy atom. The fourth-order valence-corrected chi connectivity index (χ4v) is 4.53. The van der Waals surface area contributed by atoms with Crippen LogP contribution in [0.4, 0.5) is 5.69 Å². The van der Waals surface area contributed by atoms with Gasteiger partial charge in [0.25, 0.3) is 0 Å². The molecule has 3 atom stereocenters. The van der Waals surface area contributed by atoms with E-state index in [9.17, 15) is 5.11 Å². The minimum atomic E-state index is 0.341. The molecule has 2 N–H and O–H groups in total. The minimum Gasteiger partial charge on any atom is -0.508 e. The first-order chi connectivity index (χ1) is 8.83. The van der Waals surface area contributed by atoms with Gasteiger partial charge in [-0.25, -0.2) is 0 Å². The Morgan fingerprint density at radius 3 is 2.58 bits per heavy atom. The number of anilines is 1. The summed E-state index contributed by atoms with van der Waals surface area (Å²) in [5, 5.41) is 13.6. The molecule has 2 aliphatic carbocycles. The summed E-state index contributed by atoms with van der Waals surface area (Å²) in [6, 6.07) is 6.43. The molecule has 2 saturated carbocycles. The fraction of sp³-hybridized carbons (Fsp3) is 0.647. The molecule has 0 heterocycles. The zero-order chi connectivity index (χ0) is 13.8. The van der Waals surface area contributed by atoms with E-state index in [1.807, 2.05) is 19.1 Å². The molecule has 2 bridgehead atoms. The van der Waals surface area contributed by atoms with E-state index in [1.165, 1.54) is 19.3 Å². The number of aromatic hydroxyl groups is 1. The third-order valence-electron chi connectivity index (χ3n) is 5.79. The smallest absolute Gasteiger partial charge is 0.120 e. The van der Waals surface area contributed by atoms with Crippen molar-refractivity contribution in [2.24, 2.45) is 16.7 Å². The van der Waals surface area contributed by atoms with E-state index < -0.39 is 0 Å². The van der Waals surface area contributed by atoms with Crippen molar-refractivity contribution in [2.75, 3.05) is 5.32 Å². The van der Waals surface area contributed by atoms with Gasteiger partial charge in [0.05, 0.1) is 0 Å². The lowest BCUT2D eigenvalue weighted by Gasteiger charge is -2.43. The third-order valence-corrected chi connectivity index (χ3v) is 5.79. The Balaban J connectivity index is 1.88. The molecule has 3 rings (SSSR count). The zero-order valence-electron chi connectivity index (χ0n) is 12.5.